The summed E-state index contributed by atoms with van der Waals surface area (Å²) < 4.78 is 15.3. The van der Waals surface area contributed by atoms with E-state index in [2.05, 4.69) is 29.0 Å². The number of piperidine rings is 1. The first kappa shape index (κ1) is 23.2. The van der Waals surface area contributed by atoms with Gasteiger partial charge in [0.2, 0.25) is 5.91 Å². The summed E-state index contributed by atoms with van der Waals surface area (Å²) in [5.74, 6) is -1.07. The number of Topliss-reactive ketones (excluding diaryl/α,β-unsaturated/α-hetero) is 1. The Kier molecular flexibility index (Phi) is 9.36. The molecule has 26 heavy (non-hydrogen) atoms. The number of hydrogen-bond donors (Lipinski definition) is 4. The van der Waals surface area contributed by atoms with Crippen molar-refractivity contribution >= 4 is 19.5 Å². The highest BCUT2D eigenvalue weighted by atomic mass is 31.2. The number of hydrogen-bond acceptors (Lipinski definition) is 6. The van der Waals surface area contributed by atoms with Gasteiger partial charge < -0.3 is 20.4 Å². The number of phosphoric acid groups is 1. The first-order chi connectivity index (χ1) is 12.0. The van der Waals surface area contributed by atoms with Gasteiger partial charge in [-0.2, -0.15) is 0 Å². The van der Waals surface area contributed by atoms with Crippen molar-refractivity contribution in [3.05, 3.63) is 0 Å². The number of carbonyl (C=O) groups is 2. The van der Waals surface area contributed by atoms with Crippen molar-refractivity contribution in [3.8, 4) is 0 Å². The Hall–Kier alpha value is -0.830. The van der Waals surface area contributed by atoms with E-state index in [0.29, 0.717) is 12.1 Å². The second kappa shape index (κ2) is 10.5. The van der Waals surface area contributed by atoms with Gasteiger partial charge in [0.25, 0.3) is 0 Å². The van der Waals surface area contributed by atoms with Gasteiger partial charge in [0, 0.05) is 31.1 Å². The van der Waals surface area contributed by atoms with Gasteiger partial charge in [0.15, 0.2) is 5.78 Å². The molecule has 4 N–H and O–H groups in total. The van der Waals surface area contributed by atoms with Crippen LogP contribution >= 0.6 is 7.82 Å². The van der Waals surface area contributed by atoms with Crippen LogP contribution in [0.2, 0.25) is 0 Å². The average Bonchev–Trinajstić information content (AvgIpc) is 2.51. The van der Waals surface area contributed by atoms with Gasteiger partial charge in [-0.3, -0.25) is 19.0 Å². The Morgan fingerprint density at radius 2 is 1.77 bits per heavy atom. The molecule has 10 heteroatoms. The van der Waals surface area contributed by atoms with Gasteiger partial charge in [-0.25, -0.2) is 4.57 Å². The summed E-state index contributed by atoms with van der Waals surface area (Å²) in [4.78, 5) is 44.1. The maximum absolute atomic E-state index is 12.3. The zero-order chi connectivity index (χ0) is 19.9. The quantitative estimate of drug-likeness (QED) is 0.389. The van der Waals surface area contributed by atoms with Crippen LogP contribution in [0.4, 0.5) is 0 Å². The highest BCUT2D eigenvalue weighted by Crippen LogP contribution is 2.35. The fraction of sp³-hybridized carbons (Fsp3) is 0.875. The third kappa shape index (κ3) is 9.21. The van der Waals surface area contributed by atoms with Crippen LogP contribution in [0.1, 0.15) is 40.5 Å². The molecule has 1 rings (SSSR count). The van der Waals surface area contributed by atoms with E-state index in [4.69, 9.17) is 9.79 Å². The zero-order valence-electron chi connectivity index (χ0n) is 16.0. The molecule has 9 nitrogen and oxygen atoms in total. The number of ketones is 1. The standard InChI is InChI=1S/C16H32N3O6P/c1-11(2)16(21)14(10-25-26(22,23)24)18-15(20)9-19-7-5-13(6-8-19)17-12(3)4/h11-14,17H,5-10H2,1-4H3,(H,18,20)(H2,22,23,24)/t14-/m0/s1. The van der Waals surface area contributed by atoms with Crippen molar-refractivity contribution < 1.29 is 28.5 Å². The van der Waals surface area contributed by atoms with Gasteiger partial charge in [-0.05, 0) is 12.8 Å². The molecule has 1 heterocycles. The Morgan fingerprint density at radius 1 is 1.19 bits per heavy atom. The lowest BCUT2D eigenvalue weighted by molar-refractivity contribution is -0.131. The lowest BCUT2D eigenvalue weighted by Gasteiger charge is -2.33. The summed E-state index contributed by atoms with van der Waals surface area (Å²) in [5, 5.41) is 6.03. The molecule has 0 unspecified atom stereocenters. The molecular formula is C16H32N3O6P. The monoisotopic (exact) mass is 393 g/mol. The number of nitrogens with one attached hydrogen (secondary N) is 2. The van der Waals surface area contributed by atoms with Crippen LogP contribution in [0.5, 0.6) is 0 Å². The molecule has 1 amide bonds. The highest BCUT2D eigenvalue weighted by molar-refractivity contribution is 7.46. The number of carbonyl (C=O) groups excluding carboxylic acids is 2. The molecule has 1 aliphatic heterocycles. The fourth-order valence-corrected chi connectivity index (χ4v) is 3.28. The minimum absolute atomic E-state index is 0.145. The molecule has 0 aromatic carbocycles. The molecule has 0 aromatic rings. The fourth-order valence-electron chi connectivity index (χ4n) is 2.94. The zero-order valence-corrected chi connectivity index (χ0v) is 16.9. The van der Waals surface area contributed by atoms with Crippen LogP contribution in [-0.2, 0) is 18.7 Å². The molecule has 1 aliphatic rings. The molecule has 152 valence electrons. The van der Waals surface area contributed by atoms with E-state index in [1.54, 1.807) is 13.8 Å². The number of likely N-dealkylation sites (tertiary alicyclic amines) is 1. The smallest absolute Gasteiger partial charge is 0.343 e. The summed E-state index contributed by atoms with van der Waals surface area (Å²) in [6.07, 6.45) is 1.89. The lowest BCUT2D eigenvalue weighted by atomic mass is 10.0. The van der Waals surface area contributed by atoms with E-state index in [9.17, 15) is 14.2 Å². The molecule has 1 atom stereocenters. The molecule has 0 saturated carbocycles. The van der Waals surface area contributed by atoms with E-state index in [0.717, 1.165) is 25.9 Å². The van der Waals surface area contributed by atoms with E-state index >= 15 is 0 Å². The maximum atomic E-state index is 12.3. The third-order valence-corrected chi connectivity index (χ3v) is 4.67. The second-order valence-electron chi connectivity index (χ2n) is 7.34. The Balaban J connectivity index is 2.51. The minimum Gasteiger partial charge on any atom is -0.343 e. The SMILES string of the molecule is CC(C)NC1CCN(CC(=O)N[C@@H](COP(=O)(O)O)C(=O)C(C)C)CC1. The van der Waals surface area contributed by atoms with Crippen LogP contribution in [0.25, 0.3) is 0 Å². The van der Waals surface area contributed by atoms with Crippen molar-refractivity contribution in [1.82, 2.24) is 15.5 Å². The Bertz CT molecular complexity index is 514. The van der Waals surface area contributed by atoms with Gasteiger partial charge in [-0.1, -0.05) is 27.7 Å². The molecule has 0 bridgehead atoms. The topological polar surface area (TPSA) is 128 Å². The minimum atomic E-state index is -4.71. The van der Waals surface area contributed by atoms with E-state index in [1.807, 2.05) is 4.90 Å². The van der Waals surface area contributed by atoms with Crippen molar-refractivity contribution in [2.75, 3.05) is 26.2 Å². The first-order valence-electron chi connectivity index (χ1n) is 8.99. The Morgan fingerprint density at radius 3 is 2.23 bits per heavy atom. The lowest BCUT2D eigenvalue weighted by Crippen LogP contribution is -2.51. The summed E-state index contributed by atoms with van der Waals surface area (Å²) in [7, 11) is -4.71. The van der Waals surface area contributed by atoms with Crippen LogP contribution < -0.4 is 10.6 Å². The Labute approximate surface area is 155 Å². The van der Waals surface area contributed by atoms with Crippen LogP contribution in [0, 0.1) is 5.92 Å². The largest absolute Gasteiger partial charge is 0.469 e. The molecule has 0 radical (unpaired) electrons. The number of rotatable bonds is 10. The summed E-state index contributed by atoms with van der Waals surface area (Å²) in [5.41, 5.74) is 0. The molecule has 0 aliphatic carbocycles. The van der Waals surface area contributed by atoms with Crippen LogP contribution in [0.3, 0.4) is 0 Å². The van der Waals surface area contributed by atoms with Crippen molar-refractivity contribution in [2.24, 2.45) is 5.92 Å². The van der Waals surface area contributed by atoms with Gasteiger partial charge in [0.1, 0.15) is 6.04 Å². The number of nitrogens with zero attached hydrogens (tertiary/aromatic N) is 1. The molecule has 1 saturated heterocycles. The van der Waals surface area contributed by atoms with E-state index in [-0.39, 0.29) is 18.2 Å². The van der Waals surface area contributed by atoms with E-state index < -0.39 is 26.4 Å². The highest BCUT2D eigenvalue weighted by Gasteiger charge is 2.28. The van der Waals surface area contributed by atoms with Gasteiger partial charge in [0.05, 0.1) is 13.2 Å². The first-order valence-corrected chi connectivity index (χ1v) is 10.5. The van der Waals surface area contributed by atoms with Gasteiger partial charge >= 0.3 is 7.82 Å². The molecular weight excluding hydrogens is 361 g/mol. The summed E-state index contributed by atoms with van der Waals surface area (Å²) in [6.45, 7) is 8.67. The normalized spacial score (nSPS) is 18.3. The van der Waals surface area contributed by atoms with Gasteiger partial charge in [-0.15, -0.1) is 0 Å². The van der Waals surface area contributed by atoms with E-state index in [1.165, 1.54) is 0 Å². The van der Waals surface area contributed by atoms with Crippen molar-refractivity contribution in [1.29, 1.82) is 0 Å². The predicted octanol–water partition coefficient (Wildman–Crippen LogP) is 0.268. The predicted molar refractivity (Wildman–Crippen MR) is 97.5 cm³/mol. The van der Waals surface area contributed by atoms with Crippen molar-refractivity contribution in [2.45, 2.75) is 58.7 Å². The number of amides is 1. The molecule has 0 aromatic heterocycles. The molecule has 1 fully saturated rings. The molecule has 0 spiro atoms. The summed E-state index contributed by atoms with van der Waals surface area (Å²) >= 11 is 0. The van der Waals surface area contributed by atoms with Crippen molar-refractivity contribution in [3.63, 3.8) is 0 Å². The number of phosphoric ester groups is 1. The summed E-state index contributed by atoms with van der Waals surface area (Å²) in [6, 6.07) is -0.205. The average molecular weight is 393 g/mol. The van der Waals surface area contributed by atoms with Crippen LogP contribution in [0.15, 0.2) is 0 Å². The third-order valence-electron chi connectivity index (χ3n) is 4.18. The maximum Gasteiger partial charge on any atom is 0.469 e. The van der Waals surface area contributed by atoms with Crippen LogP contribution in [-0.4, -0.2) is 70.7 Å². The second-order valence-corrected chi connectivity index (χ2v) is 8.57.